The van der Waals surface area contributed by atoms with Crippen molar-refractivity contribution in [3.05, 3.63) is 46.2 Å². The van der Waals surface area contributed by atoms with Gasteiger partial charge in [0.2, 0.25) is 0 Å². The molecule has 1 aromatic carbocycles. The van der Waals surface area contributed by atoms with Gasteiger partial charge in [0.1, 0.15) is 0 Å². The summed E-state index contributed by atoms with van der Waals surface area (Å²) in [7, 11) is 0. The molecule has 0 fully saturated rings. The Morgan fingerprint density at radius 3 is 2.76 bits per heavy atom. The predicted octanol–water partition coefficient (Wildman–Crippen LogP) is 3.11. The molecule has 0 saturated heterocycles. The molecule has 1 heterocycles. The second-order valence-electron chi connectivity index (χ2n) is 4.60. The summed E-state index contributed by atoms with van der Waals surface area (Å²) in [6, 6.07) is 7.55. The van der Waals surface area contributed by atoms with Gasteiger partial charge >= 0.3 is 5.97 Å². The van der Waals surface area contributed by atoms with Gasteiger partial charge in [-0.25, -0.2) is 9.48 Å². The monoisotopic (exact) mass is 307 g/mol. The lowest BCUT2D eigenvalue weighted by atomic mass is 10.1. The molecule has 2 aromatic rings. The molecule has 0 bridgehead atoms. The summed E-state index contributed by atoms with van der Waals surface area (Å²) in [6.07, 6.45) is 1.40. The van der Waals surface area contributed by atoms with Crippen molar-refractivity contribution in [1.82, 2.24) is 15.0 Å². The summed E-state index contributed by atoms with van der Waals surface area (Å²) in [5, 5.41) is 8.70. The van der Waals surface area contributed by atoms with Crippen LogP contribution < -0.4 is 0 Å². The number of nitrogens with zero attached hydrogens (tertiary/aromatic N) is 3. The van der Waals surface area contributed by atoms with Gasteiger partial charge in [0, 0.05) is 18.0 Å². The fraction of sp³-hybridized carbons (Fsp3) is 0.400. The Hall–Kier alpha value is -1.88. The average Bonchev–Trinajstić information content (AvgIpc) is 2.85. The molecule has 0 amide bonds. The molecule has 0 atom stereocenters. The maximum absolute atomic E-state index is 12.0. The largest absolute Gasteiger partial charge is 0.461 e. The van der Waals surface area contributed by atoms with Crippen molar-refractivity contribution in [2.24, 2.45) is 0 Å². The molecule has 112 valence electrons. The topological polar surface area (TPSA) is 57.0 Å². The minimum atomic E-state index is -0.443. The molecule has 0 aliphatic heterocycles. The van der Waals surface area contributed by atoms with Crippen molar-refractivity contribution in [2.45, 2.75) is 33.2 Å². The first-order chi connectivity index (χ1) is 10.2. The maximum Gasteiger partial charge on any atom is 0.360 e. The van der Waals surface area contributed by atoms with Crippen molar-refractivity contribution in [2.75, 3.05) is 6.61 Å². The molecule has 0 N–H and O–H groups in total. The summed E-state index contributed by atoms with van der Waals surface area (Å²) >= 11 is 6.20. The number of carbonyl (C=O) groups is 1. The highest BCUT2D eigenvalue weighted by Crippen LogP contribution is 2.20. The molecule has 0 unspecified atom stereocenters. The lowest BCUT2D eigenvalue weighted by Gasteiger charge is -2.08. The van der Waals surface area contributed by atoms with Gasteiger partial charge < -0.3 is 4.74 Å². The van der Waals surface area contributed by atoms with Crippen molar-refractivity contribution < 1.29 is 9.53 Å². The normalized spacial score (nSPS) is 10.6. The molecular weight excluding hydrogens is 290 g/mol. The lowest BCUT2D eigenvalue weighted by Crippen LogP contribution is -2.11. The molecule has 0 radical (unpaired) electrons. The molecule has 0 aliphatic carbocycles. The molecule has 5 nitrogen and oxygen atoms in total. The van der Waals surface area contributed by atoms with E-state index in [1.165, 1.54) is 0 Å². The minimum absolute atomic E-state index is 0.269. The Morgan fingerprint density at radius 1 is 1.33 bits per heavy atom. The van der Waals surface area contributed by atoms with Gasteiger partial charge in [-0.3, -0.25) is 0 Å². The van der Waals surface area contributed by atoms with Crippen LogP contribution in [-0.4, -0.2) is 27.6 Å². The van der Waals surface area contributed by atoms with E-state index in [0.717, 1.165) is 17.7 Å². The highest BCUT2D eigenvalue weighted by Gasteiger charge is 2.21. The van der Waals surface area contributed by atoms with E-state index in [1.54, 1.807) is 11.6 Å². The molecule has 21 heavy (non-hydrogen) atoms. The molecule has 1 aromatic heterocycles. The standard InChI is InChI=1S/C15H18ClN3O2/c1-3-9-19-13(10-11-7-5-6-8-12(11)16)14(17-18-19)15(20)21-4-2/h5-8H,3-4,9-10H2,1-2H3. The van der Waals surface area contributed by atoms with E-state index in [2.05, 4.69) is 10.3 Å². The third-order valence-electron chi connectivity index (χ3n) is 3.06. The maximum atomic E-state index is 12.0. The van der Waals surface area contributed by atoms with E-state index in [0.29, 0.717) is 24.6 Å². The van der Waals surface area contributed by atoms with Crippen LogP contribution in [0.4, 0.5) is 0 Å². The van der Waals surface area contributed by atoms with Crippen LogP contribution in [0.15, 0.2) is 24.3 Å². The van der Waals surface area contributed by atoms with Crippen molar-refractivity contribution in [3.8, 4) is 0 Å². The third-order valence-corrected chi connectivity index (χ3v) is 3.43. The molecule has 2 rings (SSSR count). The molecular formula is C15H18ClN3O2. The van der Waals surface area contributed by atoms with Crippen molar-refractivity contribution >= 4 is 17.6 Å². The zero-order valence-electron chi connectivity index (χ0n) is 12.2. The van der Waals surface area contributed by atoms with E-state index in [1.807, 2.05) is 31.2 Å². The SMILES string of the molecule is CCCn1nnc(C(=O)OCC)c1Cc1ccccc1Cl. The zero-order chi connectivity index (χ0) is 15.2. The van der Waals surface area contributed by atoms with Crippen LogP contribution >= 0.6 is 11.6 Å². The molecule has 0 spiro atoms. The van der Waals surface area contributed by atoms with Crippen LogP contribution in [0.2, 0.25) is 5.02 Å². The van der Waals surface area contributed by atoms with Crippen LogP contribution in [0.1, 0.15) is 42.0 Å². The second kappa shape index (κ2) is 7.22. The highest BCUT2D eigenvalue weighted by atomic mass is 35.5. The second-order valence-corrected chi connectivity index (χ2v) is 5.00. The van der Waals surface area contributed by atoms with Gasteiger partial charge in [-0.15, -0.1) is 5.10 Å². The van der Waals surface area contributed by atoms with Crippen LogP contribution in [0.3, 0.4) is 0 Å². The zero-order valence-corrected chi connectivity index (χ0v) is 12.9. The highest BCUT2D eigenvalue weighted by molar-refractivity contribution is 6.31. The smallest absolute Gasteiger partial charge is 0.360 e. The summed E-state index contributed by atoms with van der Waals surface area (Å²) in [5.74, 6) is -0.443. The van der Waals surface area contributed by atoms with Crippen LogP contribution in [-0.2, 0) is 17.7 Å². The van der Waals surface area contributed by atoms with Crippen molar-refractivity contribution in [1.29, 1.82) is 0 Å². The Morgan fingerprint density at radius 2 is 2.10 bits per heavy atom. The van der Waals surface area contributed by atoms with Gasteiger partial charge in [0.25, 0.3) is 0 Å². The number of rotatable bonds is 6. The fourth-order valence-corrected chi connectivity index (χ4v) is 2.28. The number of halogens is 1. The first-order valence-corrected chi connectivity index (χ1v) is 7.38. The van der Waals surface area contributed by atoms with Crippen LogP contribution in [0.5, 0.6) is 0 Å². The average molecular weight is 308 g/mol. The summed E-state index contributed by atoms with van der Waals surface area (Å²) in [4.78, 5) is 12.0. The van der Waals surface area contributed by atoms with E-state index in [-0.39, 0.29) is 5.69 Å². The van der Waals surface area contributed by atoms with Gasteiger partial charge in [0.15, 0.2) is 5.69 Å². The molecule has 6 heteroatoms. The van der Waals surface area contributed by atoms with Gasteiger partial charge in [0.05, 0.1) is 12.3 Å². The van der Waals surface area contributed by atoms with Crippen molar-refractivity contribution in [3.63, 3.8) is 0 Å². The Bertz CT molecular complexity index is 625. The van der Waals surface area contributed by atoms with E-state index in [9.17, 15) is 4.79 Å². The Labute approximate surface area is 128 Å². The number of aromatic nitrogens is 3. The van der Waals surface area contributed by atoms with E-state index in [4.69, 9.17) is 16.3 Å². The van der Waals surface area contributed by atoms with Gasteiger partial charge in [-0.05, 0) is 25.0 Å². The number of aryl methyl sites for hydroxylation is 1. The van der Waals surface area contributed by atoms with E-state index >= 15 is 0 Å². The van der Waals surface area contributed by atoms with Crippen LogP contribution in [0.25, 0.3) is 0 Å². The number of hydrogen-bond donors (Lipinski definition) is 0. The summed E-state index contributed by atoms with van der Waals surface area (Å²) in [6.45, 7) is 4.82. The predicted molar refractivity (Wildman–Crippen MR) is 80.5 cm³/mol. The minimum Gasteiger partial charge on any atom is -0.461 e. The van der Waals surface area contributed by atoms with Gasteiger partial charge in [-0.1, -0.05) is 41.9 Å². The first-order valence-electron chi connectivity index (χ1n) is 7.00. The fourth-order valence-electron chi connectivity index (χ4n) is 2.08. The number of esters is 1. The molecule has 0 saturated carbocycles. The number of benzene rings is 1. The summed E-state index contributed by atoms with van der Waals surface area (Å²) in [5.41, 5.74) is 1.94. The van der Waals surface area contributed by atoms with E-state index < -0.39 is 5.97 Å². The Kier molecular flexibility index (Phi) is 5.33. The Balaban J connectivity index is 2.37. The van der Waals surface area contributed by atoms with Crippen LogP contribution in [0, 0.1) is 0 Å². The summed E-state index contributed by atoms with van der Waals surface area (Å²) < 4.78 is 6.79. The van der Waals surface area contributed by atoms with Gasteiger partial charge in [-0.2, -0.15) is 0 Å². The first kappa shape index (κ1) is 15.5. The third kappa shape index (κ3) is 3.61. The number of hydrogen-bond acceptors (Lipinski definition) is 4. The number of ether oxygens (including phenoxy) is 1. The number of carbonyl (C=O) groups excluding carboxylic acids is 1. The lowest BCUT2D eigenvalue weighted by molar-refractivity contribution is 0.0518. The molecule has 0 aliphatic rings. The quantitative estimate of drug-likeness (QED) is 0.769.